The average molecular weight is 331 g/mol. The SMILES string of the molecule is CC(C)Cc1nn(-c2ccc(Cl)c(F)c2)c(Cl)c1C(=O)O. The van der Waals surface area contributed by atoms with Gasteiger partial charge in [0.2, 0.25) is 0 Å². The van der Waals surface area contributed by atoms with E-state index in [4.69, 9.17) is 23.2 Å². The summed E-state index contributed by atoms with van der Waals surface area (Å²) in [5, 5.41) is 13.4. The molecule has 21 heavy (non-hydrogen) atoms. The number of carboxylic acids is 1. The number of benzene rings is 1. The predicted molar refractivity (Wildman–Crippen MR) is 79.0 cm³/mol. The highest BCUT2D eigenvalue weighted by Crippen LogP contribution is 2.27. The summed E-state index contributed by atoms with van der Waals surface area (Å²) in [4.78, 5) is 11.4. The molecule has 112 valence electrons. The van der Waals surface area contributed by atoms with Crippen LogP contribution in [0.3, 0.4) is 0 Å². The van der Waals surface area contributed by atoms with Crippen molar-refractivity contribution in [1.29, 1.82) is 0 Å². The van der Waals surface area contributed by atoms with Crippen LogP contribution in [0.5, 0.6) is 0 Å². The summed E-state index contributed by atoms with van der Waals surface area (Å²) in [5.41, 5.74) is 0.637. The molecule has 1 N–H and O–H groups in total. The van der Waals surface area contributed by atoms with E-state index in [0.717, 1.165) is 6.07 Å². The van der Waals surface area contributed by atoms with Crippen LogP contribution >= 0.6 is 23.2 Å². The number of rotatable bonds is 4. The van der Waals surface area contributed by atoms with Crippen LogP contribution in [-0.4, -0.2) is 20.9 Å². The molecule has 0 spiro atoms. The average Bonchev–Trinajstić information content (AvgIpc) is 2.69. The number of halogens is 3. The van der Waals surface area contributed by atoms with E-state index in [-0.39, 0.29) is 21.7 Å². The smallest absolute Gasteiger partial charge is 0.340 e. The van der Waals surface area contributed by atoms with Gasteiger partial charge in [-0.1, -0.05) is 37.0 Å². The molecule has 4 nitrogen and oxygen atoms in total. The summed E-state index contributed by atoms with van der Waals surface area (Å²) >= 11 is 11.7. The van der Waals surface area contributed by atoms with Crippen molar-refractivity contribution < 1.29 is 14.3 Å². The zero-order chi connectivity index (χ0) is 15.7. The number of carboxylic acid groups (broad SMARTS) is 1. The molecule has 7 heteroatoms. The molecule has 0 aliphatic rings. The lowest BCUT2D eigenvalue weighted by atomic mass is 10.1. The Kier molecular flexibility index (Phi) is 4.54. The molecule has 0 atom stereocenters. The molecule has 0 aliphatic carbocycles. The zero-order valence-electron chi connectivity index (χ0n) is 11.4. The minimum Gasteiger partial charge on any atom is -0.478 e. The molecule has 0 amide bonds. The molecule has 1 aromatic heterocycles. The summed E-state index contributed by atoms with van der Waals surface area (Å²) in [6.45, 7) is 3.89. The Hall–Kier alpha value is -1.59. The third kappa shape index (κ3) is 3.19. The van der Waals surface area contributed by atoms with Gasteiger partial charge in [-0.3, -0.25) is 0 Å². The monoisotopic (exact) mass is 330 g/mol. The van der Waals surface area contributed by atoms with E-state index < -0.39 is 11.8 Å². The van der Waals surface area contributed by atoms with Crippen LogP contribution in [-0.2, 0) is 6.42 Å². The van der Waals surface area contributed by atoms with Crippen molar-refractivity contribution in [3.05, 3.63) is 45.4 Å². The van der Waals surface area contributed by atoms with E-state index in [2.05, 4.69) is 5.10 Å². The van der Waals surface area contributed by atoms with Crippen LogP contribution in [0.15, 0.2) is 18.2 Å². The molecule has 0 radical (unpaired) electrons. The lowest BCUT2D eigenvalue weighted by Gasteiger charge is -2.04. The maximum Gasteiger partial charge on any atom is 0.340 e. The Morgan fingerprint density at radius 3 is 2.62 bits per heavy atom. The fourth-order valence-electron chi connectivity index (χ4n) is 1.97. The predicted octanol–water partition coefficient (Wildman–Crippen LogP) is 4.21. The molecule has 0 fully saturated rings. The minimum atomic E-state index is -1.16. The van der Waals surface area contributed by atoms with E-state index in [0.29, 0.717) is 17.8 Å². The van der Waals surface area contributed by atoms with E-state index in [1.54, 1.807) is 0 Å². The molecule has 0 saturated heterocycles. The Labute approximate surface area is 131 Å². The van der Waals surface area contributed by atoms with Gasteiger partial charge in [-0.15, -0.1) is 0 Å². The van der Waals surface area contributed by atoms with Crippen LogP contribution in [0.1, 0.15) is 29.9 Å². The largest absolute Gasteiger partial charge is 0.478 e. The quantitative estimate of drug-likeness (QED) is 0.913. The van der Waals surface area contributed by atoms with Crippen LogP contribution in [0.4, 0.5) is 4.39 Å². The highest BCUT2D eigenvalue weighted by atomic mass is 35.5. The van der Waals surface area contributed by atoms with Crippen molar-refractivity contribution in [2.45, 2.75) is 20.3 Å². The van der Waals surface area contributed by atoms with Gasteiger partial charge in [-0.05, 0) is 24.5 Å². The highest BCUT2D eigenvalue weighted by Gasteiger charge is 2.23. The van der Waals surface area contributed by atoms with Crippen molar-refractivity contribution in [2.75, 3.05) is 0 Å². The second-order valence-corrected chi connectivity index (χ2v) is 5.79. The first-order chi connectivity index (χ1) is 9.81. The zero-order valence-corrected chi connectivity index (χ0v) is 12.9. The van der Waals surface area contributed by atoms with Crippen molar-refractivity contribution in [1.82, 2.24) is 9.78 Å². The van der Waals surface area contributed by atoms with Gasteiger partial charge in [-0.2, -0.15) is 5.10 Å². The third-order valence-corrected chi connectivity index (χ3v) is 3.52. The summed E-state index contributed by atoms with van der Waals surface area (Å²) in [6, 6.07) is 4.05. The van der Waals surface area contributed by atoms with Gasteiger partial charge in [0.15, 0.2) is 0 Å². The number of hydrogen-bond donors (Lipinski definition) is 1. The molecule has 0 bridgehead atoms. The normalized spacial score (nSPS) is 11.1. The Bertz CT molecular complexity index is 699. The lowest BCUT2D eigenvalue weighted by molar-refractivity contribution is 0.0695. The van der Waals surface area contributed by atoms with E-state index in [1.807, 2.05) is 13.8 Å². The maximum atomic E-state index is 13.5. The lowest BCUT2D eigenvalue weighted by Crippen LogP contribution is -2.03. The molecule has 2 aromatic rings. The van der Waals surface area contributed by atoms with Crippen molar-refractivity contribution in [3.8, 4) is 5.69 Å². The second kappa shape index (κ2) is 6.03. The van der Waals surface area contributed by atoms with Crippen molar-refractivity contribution in [3.63, 3.8) is 0 Å². The minimum absolute atomic E-state index is 0.0251. The number of hydrogen-bond acceptors (Lipinski definition) is 2. The molecule has 1 aromatic carbocycles. The van der Waals surface area contributed by atoms with Crippen molar-refractivity contribution in [2.24, 2.45) is 5.92 Å². The van der Waals surface area contributed by atoms with Gasteiger partial charge in [0.05, 0.1) is 16.4 Å². The fraction of sp³-hybridized carbons (Fsp3) is 0.286. The van der Waals surface area contributed by atoms with Gasteiger partial charge in [0.1, 0.15) is 16.5 Å². The molecular formula is C14H13Cl2FN2O2. The molecule has 0 saturated carbocycles. The first-order valence-corrected chi connectivity index (χ1v) is 7.03. The number of carbonyl (C=O) groups is 1. The van der Waals surface area contributed by atoms with E-state index in [9.17, 15) is 14.3 Å². The third-order valence-electron chi connectivity index (χ3n) is 2.86. The molecule has 0 unspecified atom stereocenters. The number of aromatic carboxylic acids is 1. The number of nitrogens with zero attached hydrogens (tertiary/aromatic N) is 2. The van der Waals surface area contributed by atoms with Gasteiger partial charge in [-0.25, -0.2) is 13.9 Å². The summed E-state index contributed by atoms with van der Waals surface area (Å²) in [7, 11) is 0. The topological polar surface area (TPSA) is 55.1 Å². The summed E-state index contributed by atoms with van der Waals surface area (Å²) in [5.74, 6) is -1.57. The molecule has 2 rings (SSSR count). The Morgan fingerprint density at radius 1 is 1.43 bits per heavy atom. The molecular weight excluding hydrogens is 318 g/mol. The maximum absolute atomic E-state index is 13.5. The Balaban J connectivity index is 2.58. The summed E-state index contributed by atoms with van der Waals surface area (Å²) < 4.78 is 14.8. The fourth-order valence-corrected chi connectivity index (χ4v) is 2.41. The van der Waals surface area contributed by atoms with Gasteiger partial charge in [0.25, 0.3) is 0 Å². The van der Waals surface area contributed by atoms with E-state index in [1.165, 1.54) is 16.8 Å². The molecule has 0 aliphatic heterocycles. The second-order valence-electron chi connectivity index (χ2n) is 5.03. The summed E-state index contributed by atoms with van der Waals surface area (Å²) in [6.07, 6.45) is 0.463. The van der Waals surface area contributed by atoms with Crippen LogP contribution < -0.4 is 0 Å². The first-order valence-electron chi connectivity index (χ1n) is 6.27. The standard InChI is InChI=1S/C14H13Cl2FN2O2/c1-7(2)5-11-12(14(20)21)13(16)19(18-11)8-3-4-9(15)10(17)6-8/h3-4,6-7H,5H2,1-2H3,(H,20,21). The van der Waals surface area contributed by atoms with Gasteiger partial charge < -0.3 is 5.11 Å². The van der Waals surface area contributed by atoms with Crippen LogP contribution in [0, 0.1) is 11.7 Å². The van der Waals surface area contributed by atoms with Crippen LogP contribution in [0.2, 0.25) is 10.2 Å². The number of aromatic nitrogens is 2. The Morgan fingerprint density at radius 2 is 2.10 bits per heavy atom. The van der Waals surface area contributed by atoms with E-state index >= 15 is 0 Å². The molecule has 1 heterocycles. The van der Waals surface area contributed by atoms with Gasteiger partial charge >= 0.3 is 5.97 Å². The first kappa shape index (κ1) is 15.8. The highest BCUT2D eigenvalue weighted by molar-refractivity contribution is 6.33. The van der Waals surface area contributed by atoms with Crippen LogP contribution in [0.25, 0.3) is 5.69 Å². The van der Waals surface area contributed by atoms with Gasteiger partial charge in [0, 0.05) is 6.07 Å². The van der Waals surface area contributed by atoms with Crippen molar-refractivity contribution >= 4 is 29.2 Å².